The molecule has 2 saturated heterocycles. The van der Waals surface area contributed by atoms with Crippen molar-refractivity contribution in [1.29, 1.82) is 0 Å². The first-order valence-corrected chi connectivity index (χ1v) is 8.30. The van der Waals surface area contributed by atoms with Gasteiger partial charge in [0.25, 0.3) is 0 Å². The molecule has 2 atom stereocenters. The third-order valence-corrected chi connectivity index (χ3v) is 5.14. The highest BCUT2D eigenvalue weighted by Gasteiger charge is 2.35. The molecule has 1 aromatic heterocycles. The molecule has 0 radical (unpaired) electrons. The van der Waals surface area contributed by atoms with Gasteiger partial charge >= 0.3 is 0 Å². The third-order valence-electron chi connectivity index (χ3n) is 5.14. The quantitative estimate of drug-likeness (QED) is 0.927. The van der Waals surface area contributed by atoms with E-state index in [1.807, 2.05) is 4.68 Å². The van der Waals surface area contributed by atoms with E-state index in [2.05, 4.69) is 54.5 Å². The minimum Gasteiger partial charge on any atom is -0.308 e. The molecule has 3 rings (SSSR count). The van der Waals surface area contributed by atoms with Gasteiger partial charge in [-0.1, -0.05) is 11.6 Å². The SMILES string of the molecule is CN1C2CCCC1CC(NCc1cn(C(C)(C)C)nn1)C2. The minimum atomic E-state index is 0.00975. The summed E-state index contributed by atoms with van der Waals surface area (Å²) in [6.07, 6.45) is 8.77. The van der Waals surface area contributed by atoms with E-state index in [1.54, 1.807) is 0 Å². The maximum absolute atomic E-state index is 4.29. The number of piperidine rings is 2. The van der Waals surface area contributed by atoms with Crippen LogP contribution >= 0.6 is 0 Å². The van der Waals surface area contributed by atoms with Crippen LogP contribution in [0.25, 0.3) is 0 Å². The predicted octanol–water partition coefficient (Wildman–Crippen LogP) is 2.14. The lowest BCUT2D eigenvalue weighted by Gasteiger charge is -2.47. The van der Waals surface area contributed by atoms with Gasteiger partial charge in [0.1, 0.15) is 0 Å². The molecular weight excluding hydrogens is 262 g/mol. The molecule has 0 amide bonds. The second kappa shape index (κ2) is 5.69. The molecule has 0 aromatic carbocycles. The Labute approximate surface area is 128 Å². The fourth-order valence-corrected chi connectivity index (χ4v) is 3.74. The van der Waals surface area contributed by atoms with Gasteiger partial charge in [0.15, 0.2) is 0 Å². The van der Waals surface area contributed by atoms with Crippen LogP contribution in [0.5, 0.6) is 0 Å². The van der Waals surface area contributed by atoms with Crippen molar-refractivity contribution in [3.63, 3.8) is 0 Å². The summed E-state index contributed by atoms with van der Waals surface area (Å²) in [5.74, 6) is 0. The van der Waals surface area contributed by atoms with Crippen molar-refractivity contribution in [2.45, 2.75) is 83.1 Å². The average Bonchev–Trinajstić information content (AvgIpc) is 2.85. The normalized spacial score (nSPS) is 30.6. The Kier molecular flexibility index (Phi) is 4.06. The number of hydrogen-bond donors (Lipinski definition) is 1. The van der Waals surface area contributed by atoms with Gasteiger partial charge < -0.3 is 10.2 Å². The van der Waals surface area contributed by atoms with E-state index >= 15 is 0 Å². The Hall–Kier alpha value is -0.940. The first kappa shape index (κ1) is 15.0. The van der Waals surface area contributed by atoms with Crippen LogP contribution in [0, 0.1) is 0 Å². The highest BCUT2D eigenvalue weighted by molar-refractivity contribution is 4.97. The Bertz CT molecular complexity index is 461. The Balaban J connectivity index is 1.55. The molecule has 3 heterocycles. The molecule has 0 spiro atoms. The fourth-order valence-electron chi connectivity index (χ4n) is 3.74. The van der Waals surface area contributed by atoms with Crippen molar-refractivity contribution < 1.29 is 0 Å². The van der Waals surface area contributed by atoms with Crippen molar-refractivity contribution >= 4 is 0 Å². The van der Waals surface area contributed by atoms with Gasteiger partial charge in [0.05, 0.1) is 17.4 Å². The summed E-state index contributed by atoms with van der Waals surface area (Å²) in [4.78, 5) is 2.61. The topological polar surface area (TPSA) is 46.0 Å². The van der Waals surface area contributed by atoms with Gasteiger partial charge in [0, 0.05) is 24.7 Å². The second-order valence-corrected chi connectivity index (χ2v) is 7.78. The summed E-state index contributed by atoms with van der Waals surface area (Å²) in [5, 5.41) is 12.2. The first-order valence-electron chi connectivity index (χ1n) is 8.30. The van der Waals surface area contributed by atoms with E-state index in [0.717, 1.165) is 24.3 Å². The molecule has 2 bridgehead atoms. The van der Waals surface area contributed by atoms with Crippen LogP contribution in [0.1, 0.15) is 58.6 Å². The zero-order valence-corrected chi connectivity index (χ0v) is 13.8. The van der Waals surface area contributed by atoms with Crippen LogP contribution in [-0.2, 0) is 12.1 Å². The van der Waals surface area contributed by atoms with Crippen LogP contribution in [-0.4, -0.2) is 45.1 Å². The molecule has 5 heteroatoms. The maximum atomic E-state index is 4.29. The molecule has 2 unspecified atom stereocenters. The lowest BCUT2D eigenvalue weighted by Crippen LogP contribution is -2.54. The van der Waals surface area contributed by atoms with Crippen LogP contribution < -0.4 is 5.32 Å². The van der Waals surface area contributed by atoms with Crippen molar-refractivity contribution in [3.8, 4) is 0 Å². The van der Waals surface area contributed by atoms with E-state index in [0.29, 0.717) is 6.04 Å². The Morgan fingerprint density at radius 2 is 1.90 bits per heavy atom. The number of nitrogens with one attached hydrogen (secondary N) is 1. The van der Waals surface area contributed by atoms with E-state index in [4.69, 9.17) is 0 Å². The summed E-state index contributed by atoms with van der Waals surface area (Å²) in [6.45, 7) is 7.29. The minimum absolute atomic E-state index is 0.00975. The second-order valence-electron chi connectivity index (χ2n) is 7.78. The largest absolute Gasteiger partial charge is 0.308 e. The molecule has 1 N–H and O–H groups in total. The number of nitrogens with zero attached hydrogens (tertiary/aromatic N) is 4. The lowest BCUT2D eigenvalue weighted by molar-refractivity contribution is 0.0481. The molecule has 2 aliphatic rings. The molecule has 0 aliphatic carbocycles. The fraction of sp³-hybridized carbons (Fsp3) is 0.875. The van der Waals surface area contributed by atoms with Gasteiger partial charge in [-0.25, -0.2) is 4.68 Å². The standard InChI is InChI=1S/C16H29N5/c1-16(2,3)21-11-13(18-19-21)10-17-12-8-14-6-5-7-15(9-12)20(14)4/h11-12,14-15,17H,5-10H2,1-4H3. The number of fused-ring (bicyclic) bond motifs is 2. The molecule has 2 fully saturated rings. The Morgan fingerprint density at radius 1 is 1.24 bits per heavy atom. The average molecular weight is 291 g/mol. The van der Waals surface area contributed by atoms with Gasteiger partial charge in [-0.3, -0.25) is 0 Å². The first-order chi connectivity index (χ1) is 9.93. The smallest absolute Gasteiger partial charge is 0.0965 e. The van der Waals surface area contributed by atoms with Crippen LogP contribution in [0.2, 0.25) is 0 Å². The Morgan fingerprint density at radius 3 is 2.48 bits per heavy atom. The molecule has 1 aromatic rings. The summed E-state index contributed by atoms with van der Waals surface area (Å²) < 4.78 is 1.95. The molecular formula is C16H29N5. The zero-order chi connectivity index (χ0) is 15.0. The molecule has 118 valence electrons. The number of rotatable bonds is 3. The summed E-state index contributed by atoms with van der Waals surface area (Å²) in [5.41, 5.74) is 1.06. The van der Waals surface area contributed by atoms with E-state index in [1.165, 1.54) is 32.1 Å². The van der Waals surface area contributed by atoms with E-state index in [-0.39, 0.29) is 5.54 Å². The zero-order valence-electron chi connectivity index (χ0n) is 13.8. The third kappa shape index (κ3) is 3.29. The summed E-state index contributed by atoms with van der Waals surface area (Å²) >= 11 is 0. The summed E-state index contributed by atoms with van der Waals surface area (Å²) in [7, 11) is 2.31. The van der Waals surface area contributed by atoms with Crippen LogP contribution in [0.3, 0.4) is 0 Å². The van der Waals surface area contributed by atoms with E-state index in [9.17, 15) is 0 Å². The maximum Gasteiger partial charge on any atom is 0.0965 e. The number of aromatic nitrogens is 3. The molecule has 21 heavy (non-hydrogen) atoms. The van der Waals surface area contributed by atoms with Crippen molar-refractivity contribution in [2.75, 3.05) is 7.05 Å². The van der Waals surface area contributed by atoms with Crippen molar-refractivity contribution in [2.24, 2.45) is 0 Å². The predicted molar refractivity (Wildman–Crippen MR) is 84.1 cm³/mol. The lowest BCUT2D eigenvalue weighted by atomic mass is 9.82. The van der Waals surface area contributed by atoms with Crippen molar-refractivity contribution in [1.82, 2.24) is 25.2 Å². The van der Waals surface area contributed by atoms with Crippen molar-refractivity contribution in [3.05, 3.63) is 11.9 Å². The summed E-state index contributed by atoms with van der Waals surface area (Å²) in [6, 6.07) is 2.19. The highest BCUT2D eigenvalue weighted by Crippen LogP contribution is 2.32. The van der Waals surface area contributed by atoms with Gasteiger partial charge in [0.2, 0.25) is 0 Å². The van der Waals surface area contributed by atoms with Gasteiger partial charge in [-0.2, -0.15) is 0 Å². The van der Waals surface area contributed by atoms with Crippen LogP contribution in [0.4, 0.5) is 0 Å². The van der Waals surface area contributed by atoms with Gasteiger partial charge in [-0.15, -0.1) is 5.10 Å². The highest BCUT2D eigenvalue weighted by atomic mass is 15.4. The molecule has 0 saturated carbocycles. The molecule has 2 aliphatic heterocycles. The molecule has 5 nitrogen and oxygen atoms in total. The van der Waals surface area contributed by atoms with Crippen LogP contribution in [0.15, 0.2) is 6.20 Å². The van der Waals surface area contributed by atoms with Gasteiger partial charge in [-0.05, 0) is 53.5 Å². The van der Waals surface area contributed by atoms with E-state index < -0.39 is 0 Å². The monoisotopic (exact) mass is 291 g/mol. The number of hydrogen-bond acceptors (Lipinski definition) is 4.